The Kier molecular flexibility index (Phi) is 6.05. The monoisotopic (exact) mass is 578 g/mol. The van der Waals surface area contributed by atoms with Crippen molar-refractivity contribution in [3.63, 3.8) is 0 Å². The fourth-order valence-corrected chi connectivity index (χ4v) is 6.18. The normalized spacial score (nSPS) is 25.4. The molecule has 0 saturated heterocycles. The van der Waals surface area contributed by atoms with E-state index in [-0.39, 0.29) is 23.8 Å². The molecule has 4 atom stereocenters. The van der Waals surface area contributed by atoms with Gasteiger partial charge in [0.05, 0.1) is 30.7 Å². The van der Waals surface area contributed by atoms with Crippen LogP contribution in [0.25, 0.3) is 0 Å². The van der Waals surface area contributed by atoms with E-state index < -0.39 is 41.9 Å². The van der Waals surface area contributed by atoms with Gasteiger partial charge in [-0.25, -0.2) is 0 Å². The highest BCUT2D eigenvalue weighted by Gasteiger charge is 2.53. The molecular formula is C31H28F2N2O7. The topological polar surface area (TPSA) is 115 Å². The minimum absolute atomic E-state index is 0.0869. The highest BCUT2D eigenvalue weighted by atomic mass is 19.3. The molecule has 2 unspecified atom stereocenters. The van der Waals surface area contributed by atoms with Crippen LogP contribution < -0.4 is 29.6 Å². The van der Waals surface area contributed by atoms with Crippen molar-refractivity contribution in [2.24, 2.45) is 0 Å². The van der Waals surface area contributed by atoms with E-state index in [9.17, 15) is 23.5 Å². The number of benzene rings is 3. The Bertz CT molecular complexity index is 1590. The first-order valence-corrected chi connectivity index (χ1v) is 13.8. The van der Waals surface area contributed by atoms with Gasteiger partial charge >= 0.3 is 6.29 Å². The first kappa shape index (κ1) is 26.5. The molecule has 218 valence electrons. The molecule has 0 aromatic heterocycles. The number of methoxy groups -OCH3 is 1. The molecule has 2 heterocycles. The van der Waals surface area contributed by atoms with Crippen molar-refractivity contribution in [1.29, 1.82) is 0 Å². The van der Waals surface area contributed by atoms with Gasteiger partial charge < -0.3 is 34.7 Å². The lowest BCUT2D eigenvalue weighted by molar-refractivity contribution is -0.286. The van der Waals surface area contributed by atoms with Crippen molar-refractivity contribution in [1.82, 2.24) is 10.6 Å². The van der Waals surface area contributed by atoms with E-state index in [2.05, 4.69) is 20.1 Å². The van der Waals surface area contributed by atoms with Gasteiger partial charge in [0.15, 0.2) is 17.6 Å². The van der Waals surface area contributed by atoms with Crippen molar-refractivity contribution >= 4 is 11.8 Å². The summed E-state index contributed by atoms with van der Waals surface area (Å²) in [5, 5.41) is 16.7. The molecular weight excluding hydrogens is 550 g/mol. The Hall–Kier alpha value is -4.38. The zero-order valence-electron chi connectivity index (χ0n) is 22.6. The second kappa shape index (κ2) is 9.59. The zero-order chi connectivity index (χ0) is 29.2. The van der Waals surface area contributed by atoms with Crippen molar-refractivity contribution in [2.45, 2.75) is 61.7 Å². The van der Waals surface area contributed by atoms with E-state index in [1.807, 2.05) is 24.3 Å². The molecule has 2 amide bonds. The minimum Gasteiger partial charge on any atom is -0.497 e. The van der Waals surface area contributed by atoms with Crippen LogP contribution in [0.2, 0.25) is 0 Å². The third kappa shape index (κ3) is 4.48. The molecule has 2 aliphatic heterocycles. The fourth-order valence-electron chi connectivity index (χ4n) is 6.18. The summed E-state index contributed by atoms with van der Waals surface area (Å²) in [6, 6.07) is 16.0. The van der Waals surface area contributed by atoms with E-state index >= 15 is 0 Å². The van der Waals surface area contributed by atoms with Crippen LogP contribution in [0, 0.1) is 0 Å². The number of amides is 2. The van der Waals surface area contributed by atoms with E-state index in [0.29, 0.717) is 41.9 Å². The Labute approximate surface area is 239 Å². The van der Waals surface area contributed by atoms with E-state index in [1.165, 1.54) is 19.2 Å². The van der Waals surface area contributed by atoms with E-state index in [0.717, 1.165) is 11.1 Å². The van der Waals surface area contributed by atoms with E-state index in [4.69, 9.17) is 9.47 Å². The Balaban J connectivity index is 1.13. The largest absolute Gasteiger partial charge is 0.586 e. The summed E-state index contributed by atoms with van der Waals surface area (Å²) >= 11 is 0. The maximum atomic E-state index is 13.8. The molecule has 3 N–H and O–H groups in total. The quantitative estimate of drug-likeness (QED) is 0.407. The average Bonchev–Trinajstić information content (AvgIpc) is 3.64. The Morgan fingerprint density at radius 1 is 0.952 bits per heavy atom. The van der Waals surface area contributed by atoms with Crippen molar-refractivity contribution in [3.05, 3.63) is 82.9 Å². The number of carbonyl (C=O) groups is 2. The third-order valence-electron chi connectivity index (χ3n) is 8.55. The van der Waals surface area contributed by atoms with Gasteiger partial charge in [-0.15, -0.1) is 8.78 Å². The molecule has 11 heteroatoms. The molecule has 42 heavy (non-hydrogen) atoms. The highest BCUT2D eigenvalue weighted by molar-refractivity contribution is 5.92. The number of fused-ring (bicyclic) bond motifs is 3. The molecule has 1 saturated carbocycles. The van der Waals surface area contributed by atoms with Crippen LogP contribution in [0.1, 0.15) is 53.6 Å². The van der Waals surface area contributed by atoms with Gasteiger partial charge in [-0.05, 0) is 53.8 Å². The van der Waals surface area contributed by atoms with Gasteiger partial charge in [0.2, 0.25) is 5.91 Å². The second-order valence-corrected chi connectivity index (χ2v) is 11.1. The Morgan fingerprint density at radius 2 is 1.74 bits per heavy atom. The summed E-state index contributed by atoms with van der Waals surface area (Å²) in [5.41, 5.74) is 2.14. The predicted octanol–water partition coefficient (Wildman–Crippen LogP) is 3.83. The summed E-state index contributed by atoms with van der Waals surface area (Å²) < 4.78 is 47.7. The SMILES string of the molecule is COc1ccc2c(c1)O[C@@H](C(=O)NC1c3ccccc3CC1O)C[C@@H]2NC(=O)C1(c2ccc3c(c2)OC(F)(F)O3)CC1. The van der Waals surface area contributed by atoms with Gasteiger partial charge in [0.1, 0.15) is 11.5 Å². The van der Waals surface area contributed by atoms with Crippen LogP contribution >= 0.6 is 0 Å². The maximum absolute atomic E-state index is 13.8. The van der Waals surface area contributed by atoms with Crippen molar-refractivity contribution < 1.29 is 42.4 Å². The molecule has 0 spiro atoms. The van der Waals surface area contributed by atoms with Crippen LogP contribution in [0.3, 0.4) is 0 Å². The number of rotatable bonds is 6. The fraction of sp³-hybridized carbons (Fsp3) is 0.355. The Morgan fingerprint density at radius 3 is 2.52 bits per heavy atom. The van der Waals surface area contributed by atoms with Crippen molar-refractivity contribution in [3.8, 4) is 23.0 Å². The van der Waals surface area contributed by atoms with Crippen molar-refractivity contribution in [2.75, 3.05) is 7.11 Å². The second-order valence-electron chi connectivity index (χ2n) is 11.1. The van der Waals surface area contributed by atoms with Gasteiger partial charge in [-0.2, -0.15) is 0 Å². The van der Waals surface area contributed by atoms with E-state index in [1.54, 1.807) is 24.3 Å². The lowest BCUT2D eigenvalue weighted by Gasteiger charge is -2.34. The smallest absolute Gasteiger partial charge is 0.497 e. The number of aliphatic hydroxyl groups is 1. The lowest BCUT2D eigenvalue weighted by atomic mass is 9.91. The number of hydrogen-bond acceptors (Lipinski definition) is 7. The highest BCUT2D eigenvalue weighted by Crippen LogP contribution is 2.52. The van der Waals surface area contributed by atoms with Crippen LogP contribution in [0.4, 0.5) is 8.78 Å². The summed E-state index contributed by atoms with van der Waals surface area (Å²) in [7, 11) is 1.52. The molecule has 0 bridgehead atoms. The zero-order valence-corrected chi connectivity index (χ0v) is 22.6. The molecule has 7 rings (SSSR count). The van der Waals surface area contributed by atoms with Gasteiger partial charge in [-0.1, -0.05) is 30.3 Å². The summed E-state index contributed by atoms with van der Waals surface area (Å²) in [6.45, 7) is 0. The van der Waals surface area contributed by atoms with Gasteiger partial charge in [0.25, 0.3) is 5.91 Å². The number of nitrogens with one attached hydrogen (secondary N) is 2. The predicted molar refractivity (Wildman–Crippen MR) is 144 cm³/mol. The third-order valence-corrected chi connectivity index (χ3v) is 8.55. The molecule has 3 aromatic rings. The first-order valence-electron chi connectivity index (χ1n) is 13.8. The summed E-state index contributed by atoms with van der Waals surface area (Å²) in [4.78, 5) is 27.3. The van der Waals surface area contributed by atoms with Gasteiger partial charge in [0, 0.05) is 24.5 Å². The summed E-state index contributed by atoms with van der Waals surface area (Å²) in [5.74, 6) is 0.00967. The van der Waals surface area contributed by atoms with Gasteiger partial charge in [-0.3, -0.25) is 9.59 Å². The molecule has 3 aromatic carbocycles. The van der Waals surface area contributed by atoms with Crippen LogP contribution in [-0.2, 0) is 21.4 Å². The minimum atomic E-state index is -3.75. The first-order chi connectivity index (χ1) is 20.2. The molecule has 1 fully saturated rings. The number of alkyl halides is 2. The van der Waals surface area contributed by atoms with Crippen LogP contribution in [0.15, 0.2) is 60.7 Å². The van der Waals surface area contributed by atoms with Crippen LogP contribution in [-0.4, -0.2) is 42.5 Å². The number of halogens is 2. The number of hydrogen-bond donors (Lipinski definition) is 3. The number of carbonyl (C=O) groups excluding carboxylic acids is 2. The average molecular weight is 579 g/mol. The standard InChI is InChI=1S/C31H28F2N2O7/c1-39-18-7-8-20-21(34-29(38)30(10-11-30)17-6-9-23-25(13-17)42-31(32,33)41-23)15-26(40-24(20)14-18)28(37)35-27-19-5-3-2-4-16(19)12-22(27)36/h2-9,13-14,21-22,26-27,36H,10-12,15H2,1H3,(H,34,38)(H,35,37)/t21-,22?,26+,27?/m0/s1. The molecule has 4 aliphatic rings. The number of aliphatic hydroxyl groups excluding tert-OH is 1. The molecule has 2 aliphatic carbocycles. The molecule has 9 nitrogen and oxygen atoms in total. The lowest BCUT2D eigenvalue weighted by Crippen LogP contribution is -2.47. The maximum Gasteiger partial charge on any atom is 0.586 e. The molecule has 0 radical (unpaired) electrons. The summed E-state index contributed by atoms with van der Waals surface area (Å²) in [6.07, 6.45) is -3.85. The number of ether oxygens (including phenoxy) is 4. The van der Waals surface area contributed by atoms with Crippen LogP contribution in [0.5, 0.6) is 23.0 Å².